The molecule has 1 aliphatic carbocycles. The van der Waals surface area contributed by atoms with E-state index in [0.717, 1.165) is 25.6 Å². The maximum atomic E-state index is 12.4. The van der Waals surface area contributed by atoms with Gasteiger partial charge in [-0.2, -0.15) is 0 Å². The Morgan fingerprint density at radius 2 is 2.32 bits per heavy atom. The van der Waals surface area contributed by atoms with Gasteiger partial charge < -0.3 is 0 Å². The third kappa shape index (κ3) is 2.69. The first kappa shape index (κ1) is 16.1. The fraction of sp³-hybridized carbons (Fsp3) is 0.350. The van der Waals surface area contributed by atoms with Crippen molar-refractivity contribution in [1.82, 2.24) is 4.90 Å². The number of amides is 1. The lowest BCUT2D eigenvalue weighted by Gasteiger charge is -2.46. The maximum absolute atomic E-state index is 12.4. The van der Waals surface area contributed by atoms with Crippen LogP contribution in [0.15, 0.2) is 42.0 Å². The summed E-state index contributed by atoms with van der Waals surface area (Å²) in [6.45, 7) is 5.32. The normalized spacial score (nSPS) is 27.5. The van der Waals surface area contributed by atoms with Crippen molar-refractivity contribution in [1.29, 1.82) is 0 Å². The van der Waals surface area contributed by atoms with Gasteiger partial charge in [-0.05, 0) is 18.4 Å². The molecule has 2 heterocycles. The van der Waals surface area contributed by atoms with Gasteiger partial charge in [0.1, 0.15) is 11.9 Å². The molecule has 1 fully saturated rings. The van der Waals surface area contributed by atoms with E-state index < -0.39 is 0 Å². The Morgan fingerprint density at radius 3 is 3.12 bits per heavy atom. The Labute approximate surface area is 147 Å². The summed E-state index contributed by atoms with van der Waals surface area (Å²) in [4.78, 5) is 29.1. The van der Waals surface area contributed by atoms with E-state index in [2.05, 4.69) is 46.2 Å². The van der Waals surface area contributed by atoms with Gasteiger partial charge in [-0.1, -0.05) is 18.2 Å². The Hall–Kier alpha value is -2.37. The van der Waals surface area contributed by atoms with Crippen LogP contribution < -0.4 is 5.32 Å². The van der Waals surface area contributed by atoms with Crippen LogP contribution in [0.4, 0.5) is 5.69 Å². The molecule has 2 N–H and O–H groups in total. The minimum atomic E-state index is -0.194. The van der Waals surface area contributed by atoms with Crippen LogP contribution in [0.25, 0.3) is 5.57 Å². The first-order valence-electron chi connectivity index (χ1n) is 8.76. The van der Waals surface area contributed by atoms with Crippen molar-refractivity contribution in [2.45, 2.75) is 24.8 Å². The molecule has 0 unspecified atom stereocenters. The number of likely N-dealkylation sites (tertiary alicyclic amines) is 1. The van der Waals surface area contributed by atoms with Gasteiger partial charge in [0.05, 0.1) is 12.1 Å². The number of rotatable bonds is 4. The van der Waals surface area contributed by atoms with E-state index in [1.165, 1.54) is 22.4 Å². The second-order valence-electron chi connectivity index (χ2n) is 6.98. The molecule has 0 spiro atoms. The number of aliphatic imine (C=N–C) groups is 1. The van der Waals surface area contributed by atoms with Crippen LogP contribution in [0.1, 0.15) is 29.9 Å². The van der Waals surface area contributed by atoms with Gasteiger partial charge in [0, 0.05) is 42.3 Å². The van der Waals surface area contributed by atoms with Crippen LogP contribution in [0.3, 0.4) is 0 Å². The van der Waals surface area contributed by atoms with Crippen molar-refractivity contribution >= 4 is 29.7 Å². The summed E-state index contributed by atoms with van der Waals surface area (Å²) in [5.74, 6) is -0.0584. The molecule has 0 bridgehead atoms. The first-order valence-corrected chi connectivity index (χ1v) is 8.76. The van der Waals surface area contributed by atoms with Gasteiger partial charge in [-0.25, -0.2) is 4.99 Å². The van der Waals surface area contributed by atoms with E-state index in [1.54, 1.807) is 0 Å². The number of quaternary nitrogens is 1. The number of piperidine rings is 1. The number of nitrogens with two attached hydrogens (primary N) is 1. The van der Waals surface area contributed by atoms with Gasteiger partial charge >= 0.3 is 0 Å². The molecule has 5 nitrogen and oxygen atoms in total. The fourth-order valence-electron chi connectivity index (χ4n) is 4.66. The maximum Gasteiger partial charge on any atom is 0.250 e. The van der Waals surface area contributed by atoms with Gasteiger partial charge in [0.15, 0.2) is 6.29 Å². The average molecular weight is 336 g/mol. The lowest BCUT2D eigenvalue weighted by atomic mass is 9.70. The van der Waals surface area contributed by atoms with Gasteiger partial charge in [0.25, 0.3) is 0 Å². The summed E-state index contributed by atoms with van der Waals surface area (Å²) in [6.07, 6.45) is 7.56. The van der Waals surface area contributed by atoms with Gasteiger partial charge in [0.2, 0.25) is 5.91 Å². The Morgan fingerprint density at radius 1 is 1.44 bits per heavy atom. The summed E-state index contributed by atoms with van der Waals surface area (Å²) >= 11 is 0. The lowest BCUT2D eigenvalue weighted by molar-refractivity contribution is -0.491. The van der Waals surface area contributed by atoms with Crippen LogP contribution in [0.2, 0.25) is 0 Å². The predicted octanol–water partition coefficient (Wildman–Crippen LogP) is 1.40. The molecule has 0 radical (unpaired) electrons. The Kier molecular flexibility index (Phi) is 4.19. The highest BCUT2D eigenvalue weighted by molar-refractivity contribution is 6.16. The third-order valence-electron chi connectivity index (χ3n) is 5.64. The van der Waals surface area contributed by atoms with Crippen LogP contribution in [-0.2, 0) is 9.59 Å². The molecule has 128 valence electrons. The summed E-state index contributed by atoms with van der Waals surface area (Å²) in [7, 11) is 0. The molecule has 1 saturated heterocycles. The van der Waals surface area contributed by atoms with E-state index >= 15 is 0 Å². The average Bonchev–Trinajstić information content (AvgIpc) is 3.05. The molecular weight excluding hydrogens is 314 g/mol. The van der Waals surface area contributed by atoms with Crippen molar-refractivity contribution < 1.29 is 14.9 Å². The summed E-state index contributed by atoms with van der Waals surface area (Å²) in [6, 6.07) is 6.86. The monoisotopic (exact) mass is 336 g/mol. The molecule has 4 rings (SSSR count). The number of benzene rings is 1. The smallest absolute Gasteiger partial charge is 0.250 e. The van der Waals surface area contributed by atoms with Crippen molar-refractivity contribution in [3.63, 3.8) is 0 Å². The zero-order valence-corrected chi connectivity index (χ0v) is 14.1. The van der Waals surface area contributed by atoms with E-state index in [0.29, 0.717) is 24.8 Å². The minimum absolute atomic E-state index is 0.177. The predicted molar refractivity (Wildman–Crippen MR) is 96.6 cm³/mol. The number of hydrogen-bond acceptors (Lipinski definition) is 3. The van der Waals surface area contributed by atoms with Crippen LogP contribution in [-0.4, -0.2) is 42.4 Å². The molecule has 2 aliphatic heterocycles. The number of fused-ring (bicyclic) bond motifs is 2. The second kappa shape index (κ2) is 6.50. The fourth-order valence-corrected chi connectivity index (χ4v) is 4.66. The summed E-state index contributed by atoms with van der Waals surface area (Å²) in [5, 5.41) is 2.19. The van der Waals surface area contributed by atoms with Crippen molar-refractivity contribution in [2.24, 2.45) is 10.9 Å². The van der Waals surface area contributed by atoms with E-state index in [4.69, 9.17) is 0 Å². The Balaban J connectivity index is 1.71. The second-order valence-corrected chi connectivity index (χ2v) is 6.98. The number of hydrogen-bond donors (Lipinski definition) is 1. The van der Waals surface area contributed by atoms with E-state index in [-0.39, 0.29) is 11.8 Å². The molecule has 1 aromatic rings. The molecule has 3 aliphatic rings. The summed E-state index contributed by atoms with van der Waals surface area (Å²) < 4.78 is 0. The zero-order chi connectivity index (χ0) is 17.4. The van der Waals surface area contributed by atoms with E-state index in [9.17, 15) is 9.59 Å². The SMILES string of the molecule is C=CCN1C[C@H](C(=O)N=CC=O)C[C@@H]2c3cccc4c3C(=C[NH2+]4)C[C@H]21. The van der Waals surface area contributed by atoms with Gasteiger partial charge in [-0.3, -0.25) is 19.8 Å². The molecule has 5 heteroatoms. The van der Waals surface area contributed by atoms with E-state index in [1.807, 2.05) is 6.08 Å². The molecular formula is C20H22N3O2+. The lowest BCUT2D eigenvalue weighted by Crippen LogP contribution is -2.69. The highest BCUT2D eigenvalue weighted by atomic mass is 16.1. The number of carbonyl (C=O) groups is 2. The van der Waals surface area contributed by atoms with Gasteiger partial charge in [-0.15, -0.1) is 6.58 Å². The molecule has 1 aromatic carbocycles. The summed E-state index contributed by atoms with van der Waals surface area (Å²) in [5.41, 5.74) is 5.41. The molecule has 25 heavy (non-hydrogen) atoms. The largest absolute Gasteiger partial charge is 0.297 e. The Bertz CT molecular complexity index is 796. The topological polar surface area (TPSA) is 66.3 Å². The van der Waals surface area contributed by atoms with Crippen LogP contribution >= 0.6 is 0 Å². The number of carbonyl (C=O) groups excluding carboxylic acids is 2. The third-order valence-corrected chi connectivity index (χ3v) is 5.64. The quantitative estimate of drug-likeness (QED) is 0.391. The van der Waals surface area contributed by atoms with Crippen molar-refractivity contribution in [2.75, 3.05) is 13.1 Å². The minimum Gasteiger partial charge on any atom is -0.297 e. The number of nitrogens with zero attached hydrogens (tertiary/aromatic N) is 2. The van der Waals surface area contributed by atoms with Crippen LogP contribution in [0, 0.1) is 5.92 Å². The number of aldehydes is 1. The molecule has 0 saturated carbocycles. The van der Waals surface area contributed by atoms with Crippen LogP contribution in [0.5, 0.6) is 0 Å². The molecule has 1 amide bonds. The van der Waals surface area contributed by atoms with Crippen molar-refractivity contribution in [3.8, 4) is 0 Å². The highest BCUT2D eigenvalue weighted by Crippen LogP contribution is 2.48. The molecule has 0 aromatic heterocycles. The zero-order valence-electron chi connectivity index (χ0n) is 14.1. The first-order chi connectivity index (χ1) is 12.2. The highest BCUT2D eigenvalue weighted by Gasteiger charge is 2.45. The standard InChI is InChI=1S/C20H21N3O2/c1-2-7-23-12-14(20(25)21-6-8-24)9-16-15-4-3-5-17-19(15)13(11-22-17)10-18(16)23/h2-6,8,11,14,16,18,22H,1,7,9-10,12H2/p+1/t14-,16-,18-/m1/s1. The molecule has 3 atom stereocenters. The van der Waals surface area contributed by atoms with Crippen molar-refractivity contribution in [3.05, 3.63) is 48.2 Å².